The van der Waals surface area contributed by atoms with Crippen LogP contribution in [0, 0.1) is 0 Å². The molecule has 0 aliphatic carbocycles. The summed E-state index contributed by atoms with van der Waals surface area (Å²) in [4.78, 5) is 12.9. The van der Waals surface area contributed by atoms with E-state index in [9.17, 15) is 40.5 Å². The Balaban J connectivity index is 1.82. The van der Waals surface area contributed by atoms with Crippen molar-refractivity contribution in [1.29, 1.82) is 0 Å². The Bertz CT molecular complexity index is 1130. The molecule has 2 heterocycles. The highest BCUT2D eigenvalue weighted by molar-refractivity contribution is 5.69. The number of carbonyl (C=O) groups excluding carboxylic acids is 1. The minimum absolute atomic E-state index is 0.0514. The lowest BCUT2D eigenvalue weighted by atomic mass is 9.98. The Morgan fingerprint density at radius 3 is 1.62 bits per heavy atom. The number of hydrogen-bond acceptors (Lipinski definition) is 14. The molecule has 0 aromatic heterocycles. The first-order valence-electron chi connectivity index (χ1n) is 23.1. The van der Waals surface area contributed by atoms with Gasteiger partial charge in [0.2, 0.25) is 0 Å². The second kappa shape index (κ2) is 34.7. The zero-order valence-corrected chi connectivity index (χ0v) is 36.7. The Morgan fingerprint density at radius 1 is 0.550 bits per heavy atom. The van der Waals surface area contributed by atoms with Gasteiger partial charge in [0.15, 0.2) is 12.6 Å². The molecule has 0 aromatic carbocycles. The van der Waals surface area contributed by atoms with Crippen molar-refractivity contribution in [3.8, 4) is 0 Å². The smallest absolute Gasteiger partial charge is 0.306 e. The van der Waals surface area contributed by atoms with Crippen LogP contribution in [0.2, 0.25) is 0 Å². The van der Waals surface area contributed by atoms with E-state index in [0.29, 0.717) is 13.0 Å². The monoisotopic (exact) mass is 859 g/mol. The third kappa shape index (κ3) is 23.1. The van der Waals surface area contributed by atoms with E-state index in [1.54, 1.807) is 0 Å². The number of rotatable bonds is 35. The van der Waals surface area contributed by atoms with Crippen LogP contribution < -0.4 is 0 Å². The summed E-state index contributed by atoms with van der Waals surface area (Å²) in [5.74, 6) is -0.395. The van der Waals surface area contributed by atoms with Crippen molar-refractivity contribution < 1.29 is 69.0 Å². The Labute approximate surface area is 359 Å². The van der Waals surface area contributed by atoms with Crippen LogP contribution in [-0.2, 0) is 33.2 Å². The minimum atomic E-state index is -1.71. The SMILES string of the molecule is CCCC/C=C\C/C=C\CCCCCCCC(=O)OC(COCCCCCCCC/C=C\CCCC)COC1OC(COC2OC(CO)C(O)C(O)C2O)C(O)C(O)C1O. The van der Waals surface area contributed by atoms with Gasteiger partial charge in [-0.05, 0) is 57.8 Å². The van der Waals surface area contributed by atoms with E-state index in [1.165, 1.54) is 44.9 Å². The van der Waals surface area contributed by atoms with Gasteiger partial charge < -0.3 is 64.2 Å². The van der Waals surface area contributed by atoms with Crippen LogP contribution in [0.4, 0.5) is 0 Å². The van der Waals surface area contributed by atoms with Crippen LogP contribution >= 0.6 is 0 Å². The van der Waals surface area contributed by atoms with Gasteiger partial charge in [0, 0.05) is 13.0 Å². The van der Waals surface area contributed by atoms with Crippen molar-refractivity contribution in [2.45, 2.75) is 216 Å². The number of unbranched alkanes of at least 4 members (excludes halogenated alkanes) is 15. The first-order valence-corrected chi connectivity index (χ1v) is 23.1. The summed E-state index contributed by atoms with van der Waals surface area (Å²) in [6, 6.07) is 0. The van der Waals surface area contributed by atoms with Crippen LogP contribution in [0.3, 0.4) is 0 Å². The molecular weight excluding hydrogens is 776 g/mol. The molecule has 2 aliphatic heterocycles. The van der Waals surface area contributed by atoms with E-state index < -0.39 is 86.7 Å². The second-order valence-electron chi connectivity index (χ2n) is 16.2. The van der Waals surface area contributed by atoms with Gasteiger partial charge in [0.05, 0.1) is 26.4 Å². The fourth-order valence-electron chi connectivity index (χ4n) is 6.99. The van der Waals surface area contributed by atoms with Gasteiger partial charge >= 0.3 is 5.97 Å². The molecule has 0 aromatic rings. The standard InChI is InChI=1S/C46H82O14/c1-3-5-7-9-11-13-15-17-18-19-21-23-25-27-29-38(48)58-35(32-55-30-28-26-24-22-20-16-14-12-10-8-6-4-2)33-56-45-44(54)42(52)40(50)37(60-45)34-57-46-43(53)41(51)39(49)36(31-47)59-46/h9-12,15,17,35-37,39-47,49-54H,3-8,13-14,16,18-34H2,1-2H3/b11-9-,12-10-,17-15-. The largest absolute Gasteiger partial charge is 0.457 e. The highest BCUT2D eigenvalue weighted by Gasteiger charge is 2.47. The predicted molar refractivity (Wildman–Crippen MR) is 229 cm³/mol. The molecule has 11 atom stereocenters. The fraction of sp³-hybridized carbons (Fsp3) is 0.848. The summed E-state index contributed by atoms with van der Waals surface area (Å²) in [6.45, 7) is 3.56. The number of allylic oxidation sites excluding steroid dienone is 6. The molecule has 14 heteroatoms. The Kier molecular flexibility index (Phi) is 31.4. The van der Waals surface area contributed by atoms with Crippen molar-refractivity contribution in [2.24, 2.45) is 0 Å². The molecule has 0 amide bonds. The first-order chi connectivity index (χ1) is 29.1. The molecule has 2 fully saturated rings. The average molecular weight is 859 g/mol. The van der Waals surface area contributed by atoms with E-state index in [-0.39, 0.29) is 19.6 Å². The van der Waals surface area contributed by atoms with Crippen molar-refractivity contribution in [3.05, 3.63) is 36.5 Å². The maximum atomic E-state index is 12.9. The Hall–Kier alpha value is -1.79. The van der Waals surface area contributed by atoms with Gasteiger partial charge in [-0.15, -0.1) is 0 Å². The predicted octanol–water partition coefficient (Wildman–Crippen LogP) is 5.46. The molecule has 60 heavy (non-hydrogen) atoms. The highest BCUT2D eigenvalue weighted by atomic mass is 16.7. The third-order valence-electron chi connectivity index (χ3n) is 10.9. The normalized spacial score (nSPS) is 28.0. The lowest BCUT2D eigenvalue weighted by Crippen LogP contribution is -2.61. The zero-order valence-electron chi connectivity index (χ0n) is 36.7. The fourth-order valence-corrected chi connectivity index (χ4v) is 6.99. The number of carbonyl (C=O) groups is 1. The van der Waals surface area contributed by atoms with Crippen LogP contribution in [0.1, 0.15) is 149 Å². The molecule has 11 unspecified atom stereocenters. The molecule has 350 valence electrons. The second-order valence-corrected chi connectivity index (χ2v) is 16.2. The minimum Gasteiger partial charge on any atom is -0.457 e. The number of aliphatic hydroxyl groups is 7. The molecule has 2 saturated heterocycles. The van der Waals surface area contributed by atoms with Crippen LogP contribution in [0.15, 0.2) is 36.5 Å². The van der Waals surface area contributed by atoms with Gasteiger partial charge in [-0.3, -0.25) is 4.79 Å². The third-order valence-corrected chi connectivity index (χ3v) is 10.9. The van der Waals surface area contributed by atoms with E-state index in [0.717, 1.165) is 77.0 Å². The van der Waals surface area contributed by atoms with Crippen LogP contribution in [0.25, 0.3) is 0 Å². The van der Waals surface area contributed by atoms with Gasteiger partial charge in [-0.1, -0.05) is 121 Å². The molecular formula is C46H82O14. The number of esters is 1. The van der Waals surface area contributed by atoms with Crippen molar-refractivity contribution >= 4 is 5.97 Å². The Morgan fingerprint density at radius 2 is 1.03 bits per heavy atom. The number of hydrogen-bond donors (Lipinski definition) is 7. The topological polar surface area (TPSA) is 214 Å². The number of ether oxygens (including phenoxy) is 6. The van der Waals surface area contributed by atoms with E-state index in [4.69, 9.17) is 28.4 Å². The zero-order chi connectivity index (χ0) is 43.8. The van der Waals surface area contributed by atoms with Gasteiger partial charge in [0.1, 0.15) is 54.9 Å². The highest BCUT2D eigenvalue weighted by Crippen LogP contribution is 2.26. The van der Waals surface area contributed by atoms with E-state index in [1.807, 2.05) is 0 Å². The molecule has 0 saturated carbocycles. The molecule has 7 N–H and O–H groups in total. The molecule has 0 spiro atoms. The van der Waals surface area contributed by atoms with Gasteiger partial charge in [-0.2, -0.15) is 0 Å². The first kappa shape index (κ1) is 54.3. The summed E-state index contributed by atoms with van der Waals surface area (Å²) < 4.78 is 34.1. The maximum Gasteiger partial charge on any atom is 0.306 e. The summed E-state index contributed by atoms with van der Waals surface area (Å²) in [7, 11) is 0. The quantitative estimate of drug-likeness (QED) is 0.0240. The molecule has 2 aliphatic rings. The summed E-state index contributed by atoms with van der Waals surface area (Å²) in [6.07, 6.45) is 19.2. The molecule has 2 rings (SSSR count). The average Bonchev–Trinajstić information content (AvgIpc) is 3.24. The van der Waals surface area contributed by atoms with Gasteiger partial charge in [-0.25, -0.2) is 0 Å². The number of aliphatic hydroxyl groups excluding tert-OH is 7. The van der Waals surface area contributed by atoms with E-state index in [2.05, 4.69) is 50.3 Å². The van der Waals surface area contributed by atoms with Crippen molar-refractivity contribution in [2.75, 3.05) is 33.0 Å². The lowest BCUT2D eigenvalue weighted by Gasteiger charge is -2.42. The summed E-state index contributed by atoms with van der Waals surface area (Å²) in [5.41, 5.74) is 0. The summed E-state index contributed by atoms with van der Waals surface area (Å²) >= 11 is 0. The maximum absolute atomic E-state index is 12.9. The van der Waals surface area contributed by atoms with Crippen molar-refractivity contribution in [1.82, 2.24) is 0 Å². The molecule has 0 bridgehead atoms. The van der Waals surface area contributed by atoms with Crippen LogP contribution in [0.5, 0.6) is 0 Å². The molecule has 0 radical (unpaired) electrons. The van der Waals surface area contributed by atoms with E-state index >= 15 is 0 Å². The summed E-state index contributed by atoms with van der Waals surface area (Å²) in [5, 5.41) is 71.9. The van der Waals surface area contributed by atoms with Crippen molar-refractivity contribution in [3.63, 3.8) is 0 Å². The lowest BCUT2D eigenvalue weighted by molar-refractivity contribution is -0.332. The molecule has 14 nitrogen and oxygen atoms in total. The van der Waals surface area contributed by atoms with Crippen LogP contribution in [-0.4, -0.2) is 142 Å². The van der Waals surface area contributed by atoms with Gasteiger partial charge in [0.25, 0.3) is 0 Å².